The number of nitrogens with zero attached hydrogens (tertiary/aromatic N) is 3. The first kappa shape index (κ1) is 10.2. The van der Waals surface area contributed by atoms with Crippen LogP contribution >= 0.6 is 0 Å². The van der Waals surface area contributed by atoms with Crippen molar-refractivity contribution in [1.82, 2.24) is 15.0 Å². The van der Waals surface area contributed by atoms with Gasteiger partial charge in [0.1, 0.15) is 0 Å². The molecule has 1 aromatic heterocycles. The van der Waals surface area contributed by atoms with Gasteiger partial charge in [-0.3, -0.25) is 0 Å². The van der Waals surface area contributed by atoms with Crippen molar-refractivity contribution in [3.63, 3.8) is 0 Å². The summed E-state index contributed by atoms with van der Waals surface area (Å²) < 4.78 is 7.60. The highest BCUT2D eigenvalue weighted by atomic mass is 16.5. The summed E-state index contributed by atoms with van der Waals surface area (Å²) in [4.78, 5) is 0. The smallest absolute Gasteiger partial charge is 0.0875 e. The maximum Gasteiger partial charge on any atom is 0.0875 e. The van der Waals surface area contributed by atoms with Crippen molar-refractivity contribution in [3.05, 3.63) is 11.4 Å². The Kier molecular flexibility index (Phi) is 2.65. The Morgan fingerprint density at radius 1 is 1.38 bits per heavy atom. The minimum atomic E-state index is 0.483. The van der Waals surface area contributed by atoms with E-state index < -0.39 is 0 Å². The zero-order valence-corrected chi connectivity index (χ0v) is 9.43. The van der Waals surface area contributed by atoms with E-state index in [1.165, 1.54) is 18.5 Å². The van der Waals surface area contributed by atoms with Gasteiger partial charge in [-0.2, -0.15) is 0 Å². The molecule has 1 aliphatic carbocycles. The second-order valence-corrected chi connectivity index (χ2v) is 4.70. The maximum atomic E-state index is 5.62. The summed E-state index contributed by atoms with van der Waals surface area (Å²) in [6.07, 6.45) is 4.41. The topological polar surface area (TPSA) is 66.0 Å². The Morgan fingerprint density at radius 2 is 2.25 bits per heavy atom. The highest BCUT2D eigenvalue weighted by Gasteiger charge is 2.33. The van der Waals surface area contributed by atoms with Crippen molar-refractivity contribution in [2.24, 2.45) is 5.73 Å². The molecular weight excluding hydrogens is 204 g/mol. The molecule has 88 valence electrons. The first-order chi connectivity index (χ1) is 7.90. The number of ether oxygens (including phenoxy) is 1. The molecule has 5 nitrogen and oxygen atoms in total. The van der Waals surface area contributed by atoms with E-state index in [1.807, 2.05) is 0 Å². The van der Waals surface area contributed by atoms with Crippen LogP contribution in [0.1, 0.15) is 42.6 Å². The van der Waals surface area contributed by atoms with Gasteiger partial charge in [0.15, 0.2) is 0 Å². The first-order valence-corrected chi connectivity index (χ1v) is 6.12. The molecule has 0 amide bonds. The lowest BCUT2D eigenvalue weighted by molar-refractivity contribution is 0.193. The van der Waals surface area contributed by atoms with Crippen LogP contribution < -0.4 is 5.73 Å². The molecule has 1 aliphatic heterocycles. The lowest BCUT2D eigenvalue weighted by Crippen LogP contribution is -2.12. The van der Waals surface area contributed by atoms with Gasteiger partial charge in [0, 0.05) is 18.9 Å². The van der Waals surface area contributed by atoms with Crippen LogP contribution in [0.5, 0.6) is 0 Å². The van der Waals surface area contributed by atoms with E-state index in [0.717, 1.165) is 31.7 Å². The van der Waals surface area contributed by atoms with Gasteiger partial charge < -0.3 is 10.5 Å². The minimum Gasteiger partial charge on any atom is -0.381 e. The second-order valence-electron chi connectivity index (χ2n) is 4.70. The molecule has 3 rings (SSSR count). The third kappa shape index (κ3) is 1.74. The molecule has 2 aliphatic rings. The number of hydrogen-bond acceptors (Lipinski definition) is 4. The molecule has 0 aromatic carbocycles. The summed E-state index contributed by atoms with van der Waals surface area (Å²) >= 11 is 0. The van der Waals surface area contributed by atoms with Crippen molar-refractivity contribution < 1.29 is 4.74 Å². The first-order valence-electron chi connectivity index (χ1n) is 6.12. The molecule has 0 spiro atoms. The molecule has 2 heterocycles. The van der Waals surface area contributed by atoms with Crippen LogP contribution in [0.3, 0.4) is 0 Å². The van der Waals surface area contributed by atoms with E-state index in [1.54, 1.807) is 0 Å². The summed E-state index contributed by atoms with van der Waals surface area (Å²) in [5.41, 5.74) is 8.01. The van der Waals surface area contributed by atoms with Crippen LogP contribution in [0.15, 0.2) is 0 Å². The zero-order valence-electron chi connectivity index (χ0n) is 9.43. The number of nitrogens with two attached hydrogens (primary N) is 1. The van der Waals surface area contributed by atoms with Crippen molar-refractivity contribution in [2.45, 2.75) is 37.6 Å². The van der Waals surface area contributed by atoms with Crippen molar-refractivity contribution >= 4 is 0 Å². The lowest BCUT2D eigenvalue weighted by Gasteiger charge is -2.11. The Morgan fingerprint density at radius 3 is 2.88 bits per heavy atom. The average molecular weight is 222 g/mol. The minimum absolute atomic E-state index is 0.483. The SMILES string of the molecule is NCCc1nnn(C2CC2)c1C1CCOC1. The van der Waals surface area contributed by atoms with Crippen LogP contribution in [0, 0.1) is 0 Å². The van der Waals surface area contributed by atoms with Crippen LogP contribution in [-0.2, 0) is 11.2 Å². The molecule has 1 unspecified atom stereocenters. The molecule has 16 heavy (non-hydrogen) atoms. The van der Waals surface area contributed by atoms with Gasteiger partial charge in [-0.15, -0.1) is 5.10 Å². The molecule has 1 saturated carbocycles. The highest BCUT2D eigenvalue weighted by Crippen LogP contribution is 2.38. The maximum absolute atomic E-state index is 5.62. The standard InChI is InChI=1S/C11H18N4O/c12-5-3-10-11(8-4-6-16-7-8)15(14-13-10)9-1-2-9/h8-9H,1-7,12H2. The van der Waals surface area contributed by atoms with Gasteiger partial charge in [-0.05, 0) is 25.8 Å². The van der Waals surface area contributed by atoms with E-state index in [-0.39, 0.29) is 0 Å². The Balaban J connectivity index is 1.92. The average Bonchev–Trinajstić information content (AvgIpc) is 2.84. The molecule has 5 heteroatoms. The fourth-order valence-corrected chi connectivity index (χ4v) is 2.41. The Labute approximate surface area is 95.0 Å². The fourth-order valence-electron chi connectivity index (χ4n) is 2.41. The molecule has 0 radical (unpaired) electrons. The zero-order chi connectivity index (χ0) is 11.0. The molecule has 1 saturated heterocycles. The lowest BCUT2D eigenvalue weighted by atomic mass is 10.0. The van der Waals surface area contributed by atoms with Crippen molar-refractivity contribution in [1.29, 1.82) is 0 Å². The number of hydrogen-bond donors (Lipinski definition) is 1. The predicted molar refractivity (Wildman–Crippen MR) is 59.2 cm³/mol. The largest absolute Gasteiger partial charge is 0.381 e. The highest BCUT2D eigenvalue weighted by molar-refractivity contribution is 5.19. The van der Waals surface area contributed by atoms with E-state index >= 15 is 0 Å². The normalized spacial score (nSPS) is 25.2. The second kappa shape index (κ2) is 4.14. The summed E-state index contributed by atoms with van der Waals surface area (Å²) in [5.74, 6) is 0.483. The van der Waals surface area contributed by atoms with Crippen LogP contribution in [0.2, 0.25) is 0 Å². The summed E-state index contributed by atoms with van der Waals surface area (Å²) in [7, 11) is 0. The molecule has 2 fully saturated rings. The quantitative estimate of drug-likeness (QED) is 0.811. The Hall–Kier alpha value is -0.940. The van der Waals surface area contributed by atoms with Gasteiger partial charge in [0.05, 0.1) is 24.0 Å². The summed E-state index contributed by atoms with van der Waals surface area (Å²) in [6.45, 7) is 2.32. The number of rotatable bonds is 4. The molecule has 2 N–H and O–H groups in total. The van der Waals surface area contributed by atoms with E-state index in [9.17, 15) is 0 Å². The molecular formula is C11H18N4O. The van der Waals surface area contributed by atoms with Gasteiger partial charge in [-0.25, -0.2) is 4.68 Å². The summed E-state index contributed by atoms with van der Waals surface area (Å²) in [6, 6.07) is 0.592. The molecule has 0 bridgehead atoms. The van der Waals surface area contributed by atoms with Gasteiger partial charge in [0.25, 0.3) is 0 Å². The Bertz CT molecular complexity index is 366. The van der Waals surface area contributed by atoms with Crippen LogP contribution in [0.25, 0.3) is 0 Å². The van der Waals surface area contributed by atoms with E-state index in [4.69, 9.17) is 10.5 Å². The van der Waals surface area contributed by atoms with Gasteiger partial charge in [-0.1, -0.05) is 5.21 Å². The van der Waals surface area contributed by atoms with Crippen molar-refractivity contribution in [2.75, 3.05) is 19.8 Å². The van der Waals surface area contributed by atoms with E-state index in [0.29, 0.717) is 18.5 Å². The third-order valence-electron chi connectivity index (χ3n) is 3.39. The number of aromatic nitrogens is 3. The monoisotopic (exact) mass is 222 g/mol. The third-order valence-corrected chi connectivity index (χ3v) is 3.39. The van der Waals surface area contributed by atoms with Gasteiger partial charge in [0.2, 0.25) is 0 Å². The van der Waals surface area contributed by atoms with Crippen molar-refractivity contribution in [3.8, 4) is 0 Å². The molecule has 1 atom stereocenters. The molecule has 1 aromatic rings. The fraction of sp³-hybridized carbons (Fsp3) is 0.818. The van der Waals surface area contributed by atoms with E-state index in [2.05, 4.69) is 15.0 Å². The van der Waals surface area contributed by atoms with Crippen LogP contribution in [-0.4, -0.2) is 34.8 Å². The van der Waals surface area contributed by atoms with Crippen LogP contribution in [0.4, 0.5) is 0 Å². The predicted octanol–water partition coefficient (Wildman–Crippen LogP) is 0.618. The van der Waals surface area contributed by atoms with Gasteiger partial charge >= 0.3 is 0 Å². The summed E-state index contributed by atoms with van der Waals surface area (Å²) in [5, 5.41) is 8.59.